The summed E-state index contributed by atoms with van der Waals surface area (Å²) in [4.78, 5) is 43.9. The van der Waals surface area contributed by atoms with Crippen molar-refractivity contribution in [1.82, 2.24) is 15.1 Å². The van der Waals surface area contributed by atoms with Crippen molar-refractivity contribution in [1.29, 1.82) is 0 Å². The van der Waals surface area contributed by atoms with E-state index in [1.165, 1.54) is 0 Å². The molecule has 2 amide bonds. The predicted molar refractivity (Wildman–Crippen MR) is 204 cm³/mol. The van der Waals surface area contributed by atoms with Gasteiger partial charge in [-0.1, -0.05) is 28.1 Å². The van der Waals surface area contributed by atoms with Crippen LogP contribution in [0.2, 0.25) is 0 Å². The van der Waals surface area contributed by atoms with E-state index in [1.807, 2.05) is 71.6 Å². The Labute approximate surface area is 319 Å². The highest BCUT2D eigenvalue weighted by Gasteiger charge is 2.43. The van der Waals surface area contributed by atoms with Crippen LogP contribution in [0.4, 0.5) is 0 Å². The van der Waals surface area contributed by atoms with Gasteiger partial charge in [-0.05, 0) is 105 Å². The van der Waals surface area contributed by atoms with Gasteiger partial charge in [0.15, 0.2) is 0 Å². The number of benzene rings is 3. The van der Waals surface area contributed by atoms with Gasteiger partial charge >= 0.3 is 5.97 Å². The zero-order chi connectivity index (χ0) is 37.7. The molecule has 3 aromatic carbocycles. The Bertz CT molecular complexity index is 1800. The number of hydrogen-bond donors (Lipinski definition) is 2. The number of carbonyl (C=O) groups excluding carboxylic acids is 2. The maximum atomic E-state index is 14.9. The number of carboxylic acid groups (broad SMARTS) is 1. The third-order valence-corrected chi connectivity index (χ3v) is 10.7. The Hall–Kier alpha value is -4.55. The molecular weight excluding hydrogens is 742 g/mol. The largest absolute Gasteiger partial charge is 0.497 e. The van der Waals surface area contributed by atoms with Crippen LogP contribution in [0.1, 0.15) is 57.1 Å². The molecule has 6 rings (SSSR count). The highest BCUT2D eigenvalue weighted by Crippen LogP contribution is 2.38. The SMILES string of the molecule is COc1cc(CN(C(=O)C2=C(c3ccc(OCCOc4ccc(Br)cc4)cc3)C[C@@H]3CN(C(=O)CCC(C)(C)C(=O)O)C[C@H]2N3)C2CC2)cc(OC)c1. The van der Waals surface area contributed by atoms with Gasteiger partial charge in [0.05, 0.1) is 25.7 Å². The molecule has 2 heterocycles. The average Bonchev–Trinajstić information content (AvgIpc) is 4.00. The second-order valence-electron chi connectivity index (χ2n) is 14.6. The third kappa shape index (κ3) is 9.52. The van der Waals surface area contributed by atoms with Crippen molar-refractivity contribution >= 4 is 39.3 Å². The first-order valence-electron chi connectivity index (χ1n) is 18.1. The number of carbonyl (C=O) groups is 3. The Balaban J connectivity index is 1.25. The Morgan fingerprint density at radius 1 is 0.887 bits per heavy atom. The minimum atomic E-state index is -1.01. The van der Waals surface area contributed by atoms with Gasteiger partial charge in [0.25, 0.3) is 5.91 Å². The second-order valence-corrected chi connectivity index (χ2v) is 15.5. The van der Waals surface area contributed by atoms with Crippen LogP contribution in [0.25, 0.3) is 5.57 Å². The van der Waals surface area contributed by atoms with Gasteiger partial charge in [0.1, 0.15) is 36.2 Å². The molecule has 2 atom stereocenters. The van der Waals surface area contributed by atoms with Gasteiger partial charge in [-0.15, -0.1) is 0 Å². The van der Waals surface area contributed by atoms with Crippen molar-refractivity contribution in [3.8, 4) is 23.0 Å². The first-order valence-corrected chi connectivity index (χ1v) is 18.9. The quantitative estimate of drug-likeness (QED) is 0.160. The van der Waals surface area contributed by atoms with Gasteiger partial charge in [-0.3, -0.25) is 14.4 Å². The molecule has 1 saturated carbocycles. The number of carboxylic acids is 1. The monoisotopic (exact) mass is 789 g/mol. The number of aliphatic carboxylic acids is 1. The molecule has 282 valence electrons. The number of hydrogen-bond acceptors (Lipinski definition) is 8. The molecule has 53 heavy (non-hydrogen) atoms. The van der Waals surface area contributed by atoms with Crippen LogP contribution in [0.3, 0.4) is 0 Å². The van der Waals surface area contributed by atoms with E-state index in [4.69, 9.17) is 18.9 Å². The van der Waals surface area contributed by atoms with Crippen molar-refractivity contribution < 1.29 is 38.4 Å². The topological polar surface area (TPSA) is 127 Å². The van der Waals surface area contributed by atoms with Crippen LogP contribution in [0.5, 0.6) is 23.0 Å². The van der Waals surface area contributed by atoms with Crippen molar-refractivity contribution in [2.45, 2.75) is 70.6 Å². The molecule has 2 aliphatic heterocycles. The molecule has 3 aromatic rings. The Kier molecular flexibility index (Phi) is 12.0. The molecule has 1 aliphatic carbocycles. The Morgan fingerprint density at radius 3 is 2.06 bits per heavy atom. The van der Waals surface area contributed by atoms with E-state index in [1.54, 1.807) is 33.0 Å². The van der Waals surface area contributed by atoms with Crippen LogP contribution < -0.4 is 24.3 Å². The van der Waals surface area contributed by atoms with E-state index >= 15 is 0 Å². The van der Waals surface area contributed by atoms with E-state index in [-0.39, 0.29) is 36.7 Å². The Morgan fingerprint density at radius 2 is 1.49 bits per heavy atom. The van der Waals surface area contributed by atoms with Crippen LogP contribution >= 0.6 is 15.9 Å². The molecule has 11 nitrogen and oxygen atoms in total. The summed E-state index contributed by atoms with van der Waals surface area (Å²) >= 11 is 3.43. The number of fused-ring (bicyclic) bond motifs is 2. The normalized spacial score (nSPS) is 18.3. The highest BCUT2D eigenvalue weighted by molar-refractivity contribution is 9.10. The molecular formula is C41H48BrN3O8. The summed E-state index contributed by atoms with van der Waals surface area (Å²) in [6.07, 6.45) is 2.74. The van der Waals surface area contributed by atoms with Gasteiger partial charge < -0.3 is 39.2 Å². The standard InChI is InChI=1S/C41H48BrN3O8/c1-41(2,40(48)49)16-15-37(46)44-24-29-21-35(27-5-11-31(12-6-27)52-17-18-53-32-13-7-28(42)8-14-32)38(36(25-44)43-29)39(47)45(30-9-10-30)23-26-19-33(50-3)22-34(20-26)51-4/h5-8,11-14,19-20,22,29-30,36,43H,9-10,15-18,21,23-25H2,1-4H3,(H,48,49)/t29-,36-/m1/s1. The van der Waals surface area contributed by atoms with Crippen molar-refractivity contribution in [3.05, 3.63) is 87.9 Å². The number of amides is 2. The smallest absolute Gasteiger partial charge is 0.309 e. The number of methoxy groups -OCH3 is 2. The summed E-state index contributed by atoms with van der Waals surface area (Å²) in [6.45, 7) is 5.21. The van der Waals surface area contributed by atoms with Crippen molar-refractivity contribution in [3.63, 3.8) is 0 Å². The van der Waals surface area contributed by atoms with Gasteiger partial charge in [-0.2, -0.15) is 0 Å². The first kappa shape index (κ1) is 38.2. The summed E-state index contributed by atoms with van der Waals surface area (Å²) in [5, 5.41) is 13.3. The van der Waals surface area contributed by atoms with Gasteiger partial charge in [-0.25, -0.2) is 0 Å². The van der Waals surface area contributed by atoms with Crippen molar-refractivity contribution in [2.75, 3.05) is 40.5 Å². The molecule has 1 saturated heterocycles. The van der Waals surface area contributed by atoms with Gasteiger partial charge in [0.2, 0.25) is 5.91 Å². The second kappa shape index (κ2) is 16.6. The van der Waals surface area contributed by atoms with E-state index in [0.717, 1.165) is 39.8 Å². The molecule has 0 aromatic heterocycles. The maximum Gasteiger partial charge on any atom is 0.309 e. The zero-order valence-electron chi connectivity index (χ0n) is 30.7. The fourth-order valence-corrected chi connectivity index (χ4v) is 7.18. The number of ether oxygens (including phenoxy) is 4. The molecule has 3 aliphatic rings. The number of rotatable bonds is 16. The van der Waals surface area contributed by atoms with Crippen LogP contribution in [0, 0.1) is 5.41 Å². The van der Waals surface area contributed by atoms with E-state index in [9.17, 15) is 19.5 Å². The summed E-state index contributed by atoms with van der Waals surface area (Å²) in [6, 6.07) is 20.8. The lowest BCUT2D eigenvalue weighted by Gasteiger charge is -2.45. The zero-order valence-corrected chi connectivity index (χ0v) is 32.3. The number of piperazine rings is 1. The van der Waals surface area contributed by atoms with E-state index in [0.29, 0.717) is 62.1 Å². The fraction of sp³-hybridized carbons (Fsp3) is 0.439. The third-order valence-electron chi connectivity index (χ3n) is 10.2. The number of nitrogens with one attached hydrogen (secondary N) is 1. The summed E-state index contributed by atoms with van der Waals surface area (Å²) in [5.41, 5.74) is 2.44. The lowest BCUT2D eigenvalue weighted by molar-refractivity contribution is -0.148. The maximum absolute atomic E-state index is 14.9. The fourth-order valence-electron chi connectivity index (χ4n) is 6.92. The lowest BCUT2D eigenvalue weighted by Crippen LogP contribution is -2.62. The number of nitrogens with zero attached hydrogens (tertiary/aromatic N) is 2. The highest BCUT2D eigenvalue weighted by atomic mass is 79.9. The number of halogens is 1. The molecule has 2 bridgehead atoms. The minimum absolute atomic E-state index is 0.0630. The summed E-state index contributed by atoms with van der Waals surface area (Å²) in [5.74, 6) is 1.68. The molecule has 0 unspecified atom stereocenters. The van der Waals surface area contributed by atoms with E-state index in [2.05, 4.69) is 21.2 Å². The minimum Gasteiger partial charge on any atom is -0.497 e. The molecule has 2 N–H and O–H groups in total. The van der Waals surface area contributed by atoms with E-state index < -0.39 is 17.4 Å². The van der Waals surface area contributed by atoms with Gasteiger partial charge in [0, 0.05) is 54.3 Å². The van der Waals surface area contributed by atoms with Crippen molar-refractivity contribution in [2.24, 2.45) is 5.41 Å². The summed E-state index contributed by atoms with van der Waals surface area (Å²) < 4.78 is 23.8. The molecule has 2 fully saturated rings. The molecule has 12 heteroatoms. The lowest BCUT2D eigenvalue weighted by atomic mass is 9.82. The van der Waals surface area contributed by atoms with Crippen LogP contribution in [0.15, 0.2) is 76.8 Å². The summed E-state index contributed by atoms with van der Waals surface area (Å²) in [7, 11) is 3.22. The molecule has 0 spiro atoms. The van der Waals surface area contributed by atoms with Crippen LogP contribution in [-0.2, 0) is 20.9 Å². The average molecular weight is 791 g/mol. The molecule has 0 radical (unpaired) electrons. The first-order chi connectivity index (χ1) is 25.4. The van der Waals surface area contributed by atoms with Crippen LogP contribution in [-0.4, -0.2) is 91.3 Å². The predicted octanol–water partition coefficient (Wildman–Crippen LogP) is 6.33.